The zero-order valence-corrected chi connectivity index (χ0v) is 10.8. The highest BCUT2D eigenvalue weighted by molar-refractivity contribution is 6.09. The van der Waals surface area contributed by atoms with E-state index in [1.165, 1.54) is 0 Å². The molecule has 0 radical (unpaired) electrons. The summed E-state index contributed by atoms with van der Waals surface area (Å²) in [6.07, 6.45) is 2.29. The lowest BCUT2D eigenvalue weighted by Crippen LogP contribution is -2.09. The molecule has 92 valence electrons. The second-order valence-corrected chi connectivity index (χ2v) is 4.22. The summed E-state index contributed by atoms with van der Waals surface area (Å²) in [7, 11) is 0. The van der Waals surface area contributed by atoms with Gasteiger partial charge in [-0.2, -0.15) is 10.2 Å². The van der Waals surface area contributed by atoms with Crippen LogP contribution in [0.4, 0.5) is 0 Å². The molecule has 0 N–H and O–H groups in total. The van der Waals surface area contributed by atoms with Crippen LogP contribution >= 0.6 is 0 Å². The van der Waals surface area contributed by atoms with Crippen LogP contribution in [0.5, 0.6) is 0 Å². The first-order valence-electron chi connectivity index (χ1n) is 5.92. The van der Waals surface area contributed by atoms with E-state index in [1.807, 2.05) is 26.8 Å². The monoisotopic (exact) mass is 241 g/mol. The summed E-state index contributed by atoms with van der Waals surface area (Å²) in [5.41, 5.74) is 3.58. The first-order valence-corrected chi connectivity index (χ1v) is 5.92. The van der Waals surface area contributed by atoms with Crippen molar-refractivity contribution in [1.82, 2.24) is 15.2 Å². The maximum atomic E-state index is 12.4. The predicted octanol–water partition coefficient (Wildman–Crippen LogP) is 2.28. The summed E-state index contributed by atoms with van der Waals surface area (Å²) >= 11 is 0. The minimum atomic E-state index is -0.0441. The predicted molar refractivity (Wildman–Crippen MR) is 68.6 cm³/mol. The molecule has 0 aliphatic heterocycles. The summed E-state index contributed by atoms with van der Waals surface area (Å²) in [4.78, 5) is 16.5. The van der Waals surface area contributed by atoms with Gasteiger partial charge >= 0.3 is 0 Å². The number of aryl methyl sites for hydroxylation is 3. The summed E-state index contributed by atoms with van der Waals surface area (Å²) < 4.78 is 0. The summed E-state index contributed by atoms with van der Waals surface area (Å²) in [5, 5.41) is 8.05. The van der Waals surface area contributed by atoms with Crippen molar-refractivity contribution in [2.24, 2.45) is 0 Å². The van der Waals surface area contributed by atoms with E-state index in [-0.39, 0.29) is 5.78 Å². The minimum Gasteiger partial charge on any atom is -0.288 e. The van der Waals surface area contributed by atoms with Gasteiger partial charge in [-0.1, -0.05) is 6.92 Å². The number of hydrogen-bond acceptors (Lipinski definition) is 4. The summed E-state index contributed by atoms with van der Waals surface area (Å²) in [6, 6.07) is 5.41. The van der Waals surface area contributed by atoms with Crippen LogP contribution in [-0.2, 0) is 6.42 Å². The molecule has 0 aromatic carbocycles. The van der Waals surface area contributed by atoms with E-state index in [4.69, 9.17) is 0 Å². The van der Waals surface area contributed by atoms with E-state index < -0.39 is 0 Å². The van der Waals surface area contributed by atoms with Crippen molar-refractivity contribution in [2.75, 3.05) is 0 Å². The second kappa shape index (κ2) is 5.04. The molecule has 2 rings (SSSR count). The van der Waals surface area contributed by atoms with E-state index >= 15 is 0 Å². The molecule has 0 bridgehead atoms. The summed E-state index contributed by atoms with van der Waals surface area (Å²) in [6.45, 7) is 5.68. The summed E-state index contributed by atoms with van der Waals surface area (Å²) in [5.74, 6) is -0.0441. The van der Waals surface area contributed by atoms with Crippen LogP contribution in [0.25, 0.3) is 0 Å². The number of pyridine rings is 1. The van der Waals surface area contributed by atoms with Gasteiger partial charge in [0.25, 0.3) is 0 Å². The number of rotatable bonds is 3. The van der Waals surface area contributed by atoms with Crippen LogP contribution in [0.1, 0.15) is 39.9 Å². The van der Waals surface area contributed by atoms with Crippen molar-refractivity contribution in [3.05, 3.63) is 52.6 Å². The Hall–Kier alpha value is -2.10. The van der Waals surface area contributed by atoms with Gasteiger partial charge in [0.05, 0.1) is 11.4 Å². The van der Waals surface area contributed by atoms with Gasteiger partial charge in [0.15, 0.2) is 5.78 Å². The molecular formula is C14H15N3O. The normalized spacial score (nSPS) is 10.4. The van der Waals surface area contributed by atoms with E-state index in [1.54, 1.807) is 18.3 Å². The van der Waals surface area contributed by atoms with Crippen LogP contribution in [0.3, 0.4) is 0 Å². The van der Waals surface area contributed by atoms with Gasteiger partial charge < -0.3 is 0 Å². The standard InChI is InChI=1S/C14H15N3O/c1-4-13-12(7-10(3)16-17-13)14(18)11-6-5-9(2)15-8-11/h5-8H,4H2,1-3H3. The second-order valence-electron chi connectivity index (χ2n) is 4.22. The van der Waals surface area contributed by atoms with Crippen molar-refractivity contribution in [3.8, 4) is 0 Å². The lowest BCUT2D eigenvalue weighted by Gasteiger charge is -2.06. The molecule has 2 aromatic heterocycles. The van der Waals surface area contributed by atoms with Crippen LogP contribution in [0.2, 0.25) is 0 Å². The molecule has 18 heavy (non-hydrogen) atoms. The maximum Gasteiger partial charge on any atom is 0.196 e. The molecule has 0 unspecified atom stereocenters. The van der Waals surface area contributed by atoms with Gasteiger partial charge in [0, 0.05) is 23.0 Å². The van der Waals surface area contributed by atoms with Crippen molar-refractivity contribution in [1.29, 1.82) is 0 Å². The molecule has 0 saturated carbocycles. The Balaban J connectivity index is 2.45. The molecule has 4 nitrogen and oxygen atoms in total. The third-order valence-corrected chi connectivity index (χ3v) is 2.75. The fourth-order valence-corrected chi connectivity index (χ4v) is 1.73. The van der Waals surface area contributed by atoms with E-state index in [0.717, 1.165) is 17.1 Å². The number of aromatic nitrogens is 3. The molecule has 0 saturated heterocycles. The minimum absolute atomic E-state index is 0.0441. The average molecular weight is 241 g/mol. The highest BCUT2D eigenvalue weighted by Gasteiger charge is 2.15. The average Bonchev–Trinajstić information content (AvgIpc) is 2.39. The Morgan fingerprint density at radius 1 is 1.17 bits per heavy atom. The van der Waals surface area contributed by atoms with Gasteiger partial charge in [-0.05, 0) is 38.5 Å². The van der Waals surface area contributed by atoms with Crippen LogP contribution in [0.15, 0.2) is 24.4 Å². The van der Waals surface area contributed by atoms with Crippen LogP contribution < -0.4 is 0 Å². The van der Waals surface area contributed by atoms with Gasteiger partial charge in [-0.15, -0.1) is 0 Å². The van der Waals surface area contributed by atoms with Gasteiger partial charge in [-0.25, -0.2) is 0 Å². The Bertz CT molecular complexity index is 576. The lowest BCUT2D eigenvalue weighted by atomic mass is 10.0. The largest absolute Gasteiger partial charge is 0.288 e. The van der Waals surface area contributed by atoms with Crippen LogP contribution in [-0.4, -0.2) is 21.0 Å². The maximum absolute atomic E-state index is 12.4. The number of ketones is 1. The highest BCUT2D eigenvalue weighted by atomic mass is 16.1. The number of hydrogen-bond donors (Lipinski definition) is 0. The number of carbonyl (C=O) groups is 1. The van der Waals surface area contributed by atoms with Gasteiger partial charge in [0.2, 0.25) is 0 Å². The fourth-order valence-electron chi connectivity index (χ4n) is 1.73. The Labute approximate surface area is 106 Å². The van der Waals surface area contributed by atoms with Crippen molar-refractivity contribution in [2.45, 2.75) is 27.2 Å². The molecule has 2 heterocycles. The van der Waals surface area contributed by atoms with Crippen molar-refractivity contribution < 1.29 is 4.79 Å². The molecule has 2 aromatic rings. The smallest absolute Gasteiger partial charge is 0.196 e. The lowest BCUT2D eigenvalue weighted by molar-refractivity contribution is 0.103. The molecule has 0 amide bonds. The van der Waals surface area contributed by atoms with E-state index in [0.29, 0.717) is 17.5 Å². The number of nitrogens with zero attached hydrogens (tertiary/aromatic N) is 3. The molecule has 0 aliphatic rings. The zero-order chi connectivity index (χ0) is 13.1. The first kappa shape index (κ1) is 12.4. The Kier molecular flexibility index (Phi) is 3.46. The molecule has 0 atom stereocenters. The molecule has 0 spiro atoms. The van der Waals surface area contributed by atoms with Gasteiger partial charge in [-0.3, -0.25) is 9.78 Å². The molecular weight excluding hydrogens is 226 g/mol. The molecule has 0 fully saturated rings. The fraction of sp³-hybridized carbons (Fsp3) is 0.286. The van der Waals surface area contributed by atoms with Crippen molar-refractivity contribution >= 4 is 5.78 Å². The van der Waals surface area contributed by atoms with Crippen LogP contribution in [0, 0.1) is 13.8 Å². The first-order chi connectivity index (χ1) is 8.61. The van der Waals surface area contributed by atoms with E-state index in [9.17, 15) is 4.79 Å². The van der Waals surface area contributed by atoms with E-state index in [2.05, 4.69) is 15.2 Å². The third kappa shape index (κ3) is 2.42. The Morgan fingerprint density at radius 2 is 1.94 bits per heavy atom. The van der Waals surface area contributed by atoms with Gasteiger partial charge in [0.1, 0.15) is 0 Å². The topological polar surface area (TPSA) is 55.7 Å². The third-order valence-electron chi connectivity index (χ3n) is 2.75. The highest BCUT2D eigenvalue weighted by Crippen LogP contribution is 2.13. The zero-order valence-electron chi connectivity index (χ0n) is 10.8. The molecule has 4 heteroatoms. The SMILES string of the molecule is CCc1nnc(C)cc1C(=O)c1ccc(C)nc1. The quantitative estimate of drug-likeness (QED) is 0.773. The Morgan fingerprint density at radius 3 is 2.56 bits per heavy atom. The number of carbonyl (C=O) groups excluding carboxylic acids is 1. The molecule has 0 aliphatic carbocycles. The van der Waals surface area contributed by atoms with Crippen molar-refractivity contribution in [3.63, 3.8) is 0 Å².